The number of rotatable bonds is 5. The first-order chi connectivity index (χ1) is 8.12. The first-order valence-electron chi connectivity index (χ1n) is 5.44. The van der Waals surface area contributed by atoms with Crippen molar-refractivity contribution in [1.29, 1.82) is 0 Å². The van der Waals surface area contributed by atoms with Crippen LogP contribution in [0.4, 0.5) is 5.69 Å². The van der Waals surface area contributed by atoms with Crippen LogP contribution in [0.3, 0.4) is 0 Å². The van der Waals surface area contributed by atoms with Gasteiger partial charge in [-0.25, -0.2) is 0 Å². The fraction of sp³-hybridized carbons (Fsp3) is 0.417. The molecule has 18 heavy (non-hydrogen) atoms. The number of hydrogen-bond acceptors (Lipinski definition) is 3. The summed E-state index contributed by atoms with van der Waals surface area (Å²) in [6, 6.07) is 5.74. The van der Waals surface area contributed by atoms with Gasteiger partial charge in [-0.15, -0.1) is 12.4 Å². The highest BCUT2D eigenvalue weighted by molar-refractivity contribution is 9.10. The first-order valence-corrected chi connectivity index (χ1v) is 6.23. The number of carbonyl (C=O) groups excluding carboxylic acids is 1. The minimum absolute atomic E-state index is 0. The Morgan fingerprint density at radius 2 is 2.22 bits per heavy atom. The van der Waals surface area contributed by atoms with Gasteiger partial charge in [0.05, 0.1) is 0 Å². The summed E-state index contributed by atoms with van der Waals surface area (Å²) >= 11 is 3.40. The maximum absolute atomic E-state index is 11.8. The monoisotopic (exact) mass is 336 g/mol. The van der Waals surface area contributed by atoms with Gasteiger partial charge in [-0.05, 0) is 30.2 Å². The fourth-order valence-corrected chi connectivity index (χ4v) is 1.91. The van der Waals surface area contributed by atoms with Crippen molar-refractivity contribution < 1.29 is 9.53 Å². The predicted octanol–water partition coefficient (Wildman–Crippen LogP) is 2.35. The third-order valence-corrected chi connectivity index (χ3v) is 2.99. The highest BCUT2D eigenvalue weighted by Crippen LogP contribution is 2.21. The maximum Gasteiger partial charge on any atom is 0.254 e. The molecule has 3 N–H and O–H groups in total. The van der Waals surface area contributed by atoms with Crippen LogP contribution in [-0.2, 0) is 16.0 Å². The number of aryl methyl sites for hydroxylation is 1. The van der Waals surface area contributed by atoms with Crippen LogP contribution in [0.5, 0.6) is 0 Å². The number of nitrogens with two attached hydrogens (primary N) is 1. The zero-order valence-electron chi connectivity index (χ0n) is 10.4. The van der Waals surface area contributed by atoms with E-state index in [1.54, 1.807) is 0 Å². The van der Waals surface area contributed by atoms with E-state index >= 15 is 0 Å². The quantitative estimate of drug-likeness (QED) is 0.867. The van der Waals surface area contributed by atoms with Crippen LogP contribution in [0.2, 0.25) is 0 Å². The molecule has 1 unspecified atom stereocenters. The number of anilines is 1. The van der Waals surface area contributed by atoms with Gasteiger partial charge in [-0.3, -0.25) is 4.79 Å². The molecule has 0 heterocycles. The number of nitrogens with one attached hydrogen (secondary N) is 1. The van der Waals surface area contributed by atoms with Gasteiger partial charge in [0.1, 0.15) is 6.10 Å². The number of methoxy groups -OCH3 is 1. The molecule has 0 spiro atoms. The predicted molar refractivity (Wildman–Crippen MR) is 79.2 cm³/mol. The third kappa shape index (κ3) is 4.57. The van der Waals surface area contributed by atoms with E-state index < -0.39 is 6.10 Å². The van der Waals surface area contributed by atoms with Crippen LogP contribution in [-0.4, -0.2) is 25.7 Å². The lowest BCUT2D eigenvalue weighted by molar-refractivity contribution is -0.125. The zero-order valence-corrected chi connectivity index (χ0v) is 12.8. The van der Waals surface area contributed by atoms with Gasteiger partial charge in [-0.1, -0.05) is 22.9 Å². The molecular formula is C12H18BrClN2O2. The molecule has 0 aliphatic carbocycles. The molecule has 0 aromatic heterocycles. The summed E-state index contributed by atoms with van der Waals surface area (Å²) in [5, 5.41) is 2.83. The molecule has 0 aliphatic rings. The van der Waals surface area contributed by atoms with Crippen LogP contribution in [0.1, 0.15) is 12.5 Å². The molecule has 0 saturated heterocycles. The van der Waals surface area contributed by atoms with E-state index in [0.29, 0.717) is 0 Å². The summed E-state index contributed by atoms with van der Waals surface area (Å²) < 4.78 is 5.98. The van der Waals surface area contributed by atoms with E-state index in [1.807, 2.05) is 25.1 Å². The second-order valence-corrected chi connectivity index (χ2v) is 4.52. The molecule has 0 fully saturated rings. The van der Waals surface area contributed by atoms with Crippen molar-refractivity contribution in [2.75, 3.05) is 19.0 Å². The van der Waals surface area contributed by atoms with E-state index in [2.05, 4.69) is 21.2 Å². The molecule has 1 atom stereocenters. The summed E-state index contributed by atoms with van der Waals surface area (Å²) in [5.74, 6) is -0.216. The number of benzene rings is 1. The van der Waals surface area contributed by atoms with Gasteiger partial charge >= 0.3 is 0 Å². The van der Waals surface area contributed by atoms with E-state index in [-0.39, 0.29) is 24.9 Å². The smallest absolute Gasteiger partial charge is 0.254 e. The molecule has 6 heteroatoms. The topological polar surface area (TPSA) is 64.4 Å². The standard InChI is InChI=1S/C12H17BrN2O2.ClH/c1-3-8-6-9(13)4-5-10(8)15-12(16)11(7-14)17-2;/h4-6,11H,3,7,14H2,1-2H3,(H,15,16);1H. The molecule has 1 rings (SSSR count). The van der Waals surface area contributed by atoms with Crippen LogP contribution < -0.4 is 11.1 Å². The van der Waals surface area contributed by atoms with Crippen molar-refractivity contribution in [3.63, 3.8) is 0 Å². The number of halogens is 2. The Kier molecular flexibility index (Phi) is 8.18. The number of ether oxygens (including phenoxy) is 1. The average molecular weight is 338 g/mol. The van der Waals surface area contributed by atoms with Crippen molar-refractivity contribution in [2.45, 2.75) is 19.4 Å². The lowest BCUT2D eigenvalue weighted by Gasteiger charge is -2.15. The number of amides is 1. The van der Waals surface area contributed by atoms with Gasteiger partial charge in [0.15, 0.2) is 0 Å². The van der Waals surface area contributed by atoms with Gasteiger partial charge in [0, 0.05) is 23.8 Å². The van der Waals surface area contributed by atoms with Gasteiger partial charge in [-0.2, -0.15) is 0 Å². The Morgan fingerprint density at radius 3 is 2.72 bits per heavy atom. The van der Waals surface area contributed by atoms with Crippen molar-refractivity contribution in [1.82, 2.24) is 0 Å². The Bertz CT molecular complexity index is 398. The van der Waals surface area contributed by atoms with Gasteiger partial charge in [0.25, 0.3) is 5.91 Å². The summed E-state index contributed by atoms with van der Waals surface area (Å²) in [6.45, 7) is 2.20. The van der Waals surface area contributed by atoms with Crippen LogP contribution in [0, 0.1) is 0 Å². The lowest BCUT2D eigenvalue weighted by Crippen LogP contribution is -2.36. The van der Waals surface area contributed by atoms with Crippen LogP contribution >= 0.6 is 28.3 Å². The largest absolute Gasteiger partial charge is 0.370 e. The summed E-state index contributed by atoms with van der Waals surface area (Å²) in [4.78, 5) is 11.8. The SMILES string of the molecule is CCc1cc(Br)ccc1NC(=O)C(CN)OC.Cl. The summed E-state index contributed by atoms with van der Waals surface area (Å²) in [6.07, 6.45) is 0.235. The van der Waals surface area contributed by atoms with Gasteiger partial charge < -0.3 is 15.8 Å². The van der Waals surface area contributed by atoms with Crippen LogP contribution in [0.25, 0.3) is 0 Å². The minimum Gasteiger partial charge on any atom is -0.370 e. The lowest BCUT2D eigenvalue weighted by atomic mass is 10.1. The molecular weight excluding hydrogens is 320 g/mol. The second kappa shape index (κ2) is 8.48. The van der Waals surface area contributed by atoms with Crippen molar-refractivity contribution in [2.24, 2.45) is 5.73 Å². The zero-order chi connectivity index (χ0) is 12.8. The highest BCUT2D eigenvalue weighted by atomic mass is 79.9. The van der Waals surface area contributed by atoms with Crippen molar-refractivity contribution >= 4 is 39.9 Å². The summed E-state index contributed by atoms with van der Waals surface area (Å²) in [5.41, 5.74) is 7.31. The molecule has 4 nitrogen and oxygen atoms in total. The molecule has 0 saturated carbocycles. The molecule has 0 bridgehead atoms. The molecule has 0 aliphatic heterocycles. The average Bonchev–Trinajstić information content (AvgIpc) is 2.33. The fourth-order valence-electron chi connectivity index (χ4n) is 1.50. The molecule has 1 aromatic rings. The van der Waals surface area contributed by atoms with Crippen LogP contribution in [0.15, 0.2) is 22.7 Å². The molecule has 1 aromatic carbocycles. The van der Waals surface area contributed by atoms with E-state index in [1.165, 1.54) is 7.11 Å². The van der Waals surface area contributed by atoms with Crippen molar-refractivity contribution in [3.05, 3.63) is 28.2 Å². The Hall–Kier alpha value is -0.620. The summed E-state index contributed by atoms with van der Waals surface area (Å²) in [7, 11) is 1.47. The third-order valence-electron chi connectivity index (χ3n) is 2.50. The van der Waals surface area contributed by atoms with E-state index in [0.717, 1.165) is 22.1 Å². The Labute approximate surface area is 122 Å². The molecule has 102 valence electrons. The minimum atomic E-state index is -0.608. The number of carbonyl (C=O) groups is 1. The molecule has 1 amide bonds. The maximum atomic E-state index is 11.8. The Morgan fingerprint density at radius 1 is 1.56 bits per heavy atom. The normalized spacial score (nSPS) is 11.6. The highest BCUT2D eigenvalue weighted by Gasteiger charge is 2.16. The van der Waals surface area contributed by atoms with Crippen molar-refractivity contribution in [3.8, 4) is 0 Å². The van der Waals surface area contributed by atoms with E-state index in [9.17, 15) is 4.79 Å². The first kappa shape index (κ1) is 17.4. The number of hydrogen-bond donors (Lipinski definition) is 2. The Balaban J connectivity index is 0.00000289. The molecule has 0 radical (unpaired) electrons. The van der Waals surface area contributed by atoms with E-state index in [4.69, 9.17) is 10.5 Å². The van der Waals surface area contributed by atoms with Gasteiger partial charge in [0.2, 0.25) is 0 Å². The second-order valence-electron chi connectivity index (χ2n) is 3.60.